The topological polar surface area (TPSA) is 29.3 Å². The Labute approximate surface area is 82.5 Å². The summed E-state index contributed by atoms with van der Waals surface area (Å²) in [5.41, 5.74) is 5.79. The molecule has 2 nitrogen and oxygen atoms in total. The molecule has 1 aliphatic rings. The highest BCUT2D eigenvalue weighted by Gasteiger charge is 2.29. The van der Waals surface area contributed by atoms with Gasteiger partial charge >= 0.3 is 0 Å². The first kappa shape index (κ1) is 11.0. The second-order valence-electron chi connectivity index (χ2n) is 4.12. The van der Waals surface area contributed by atoms with Crippen molar-refractivity contribution in [1.82, 2.24) is 4.90 Å². The highest BCUT2D eigenvalue weighted by molar-refractivity contribution is 4.85. The van der Waals surface area contributed by atoms with Gasteiger partial charge in [0, 0.05) is 6.04 Å². The van der Waals surface area contributed by atoms with Crippen LogP contribution in [-0.2, 0) is 0 Å². The summed E-state index contributed by atoms with van der Waals surface area (Å²) in [6.07, 6.45) is 5.37. The molecule has 0 bridgehead atoms. The van der Waals surface area contributed by atoms with Gasteiger partial charge in [-0.25, -0.2) is 0 Å². The molecule has 1 aliphatic carbocycles. The van der Waals surface area contributed by atoms with Crippen LogP contribution in [0, 0.1) is 5.92 Å². The molecule has 0 aliphatic heterocycles. The Morgan fingerprint density at radius 2 is 2.08 bits per heavy atom. The van der Waals surface area contributed by atoms with E-state index in [4.69, 9.17) is 5.73 Å². The highest BCUT2D eigenvalue weighted by Crippen LogP contribution is 2.29. The van der Waals surface area contributed by atoms with E-state index in [1.807, 2.05) is 0 Å². The zero-order valence-electron chi connectivity index (χ0n) is 9.13. The lowest BCUT2D eigenvalue weighted by molar-refractivity contribution is 0.170. The Morgan fingerprint density at radius 3 is 2.62 bits per heavy atom. The predicted molar refractivity (Wildman–Crippen MR) is 57.7 cm³/mol. The van der Waals surface area contributed by atoms with E-state index in [0.29, 0.717) is 0 Å². The van der Waals surface area contributed by atoms with Gasteiger partial charge in [-0.3, -0.25) is 0 Å². The van der Waals surface area contributed by atoms with Crippen molar-refractivity contribution in [3.63, 3.8) is 0 Å². The van der Waals surface area contributed by atoms with Crippen molar-refractivity contribution in [2.45, 2.75) is 45.6 Å². The lowest BCUT2D eigenvalue weighted by Crippen LogP contribution is -2.40. The third-order valence-corrected chi connectivity index (χ3v) is 3.31. The Kier molecular flexibility index (Phi) is 4.74. The summed E-state index contributed by atoms with van der Waals surface area (Å²) >= 11 is 0. The quantitative estimate of drug-likeness (QED) is 0.706. The first-order valence-corrected chi connectivity index (χ1v) is 5.77. The minimum absolute atomic E-state index is 0.770. The summed E-state index contributed by atoms with van der Waals surface area (Å²) in [5, 5.41) is 0. The fourth-order valence-corrected chi connectivity index (χ4v) is 2.62. The van der Waals surface area contributed by atoms with Crippen molar-refractivity contribution >= 4 is 0 Å². The predicted octanol–water partition coefficient (Wildman–Crippen LogP) is 1.85. The van der Waals surface area contributed by atoms with Crippen LogP contribution in [0.2, 0.25) is 0 Å². The molecule has 2 heteroatoms. The van der Waals surface area contributed by atoms with Crippen LogP contribution in [-0.4, -0.2) is 30.6 Å². The summed E-state index contributed by atoms with van der Waals surface area (Å²) in [7, 11) is 0. The van der Waals surface area contributed by atoms with E-state index in [9.17, 15) is 0 Å². The summed E-state index contributed by atoms with van der Waals surface area (Å²) < 4.78 is 0. The lowest BCUT2D eigenvalue weighted by atomic mass is 10.0. The third kappa shape index (κ3) is 2.68. The van der Waals surface area contributed by atoms with Crippen molar-refractivity contribution in [2.75, 3.05) is 19.6 Å². The number of nitrogens with two attached hydrogens (primary N) is 1. The van der Waals surface area contributed by atoms with Crippen LogP contribution in [0.4, 0.5) is 0 Å². The molecule has 0 heterocycles. The van der Waals surface area contributed by atoms with Crippen LogP contribution in [0.1, 0.15) is 39.5 Å². The molecule has 2 unspecified atom stereocenters. The molecule has 2 N–H and O–H groups in total. The Hall–Kier alpha value is -0.0800. The normalized spacial score (nSPS) is 28.6. The van der Waals surface area contributed by atoms with E-state index in [1.165, 1.54) is 38.8 Å². The molecule has 0 radical (unpaired) electrons. The lowest BCUT2D eigenvalue weighted by Gasteiger charge is -2.31. The van der Waals surface area contributed by atoms with Gasteiger partial charge in [0.2, 0.25) is 0 Å². The molecule has 0 spiro atoms. The van der Waals surface area contributed by atoms with Gasteiger partial charge in [0.1, 0.15) is 0 Å². The molecular weight excluding hydrogens is 160 g/mol. The van der Waals surface area contributed by atoms with Crippen molar-refractivity contribution < 1.29 is 0 Å². The molecule has 1 saturated carbocycles. The first-order chi connectivity index (χ1) is 6.33. The van der Waals surface area contributed by atoms with E-state index >= 15 is 0 Å². The molecule has 0 amide bonds. The van der Waals surface area contributed by atoms with Gasteiger partial charge in [-0.2, -0.15) is 0 Å². The number of rotatable bonds is 5. The maximum Gasteiger partial charge on any atom is 0.0135 e. The highest BCUT2D eigenvalue weighted by atomic mass is 15.2. The Balaban J connectivity index is 2.46. The molecule has 2 atom stereocenters. The monoisotopic (exact) mass is 184 g/mol. The molecular formula is C11H24N2. The van der Waals surface area contributed by atoms with Gasteiger partial charge in [0.15, 0.2) is 0 Å². The molecule has 0 saturated heterocycles. The van der Waals surface area contributed by atoms with Gasteiger partial charge in [0.05, 0.1) is 0 Å². The van der Waals surface area contributed by atoms with Gasteiger partial charge in [0.25, 0.3) is 0 Å². The van der Waals surface area contributed by atoms with E-state index in [-0.39, 0.29) is 0 Å². The van der Waals surface area contributed by atoms with E-state index in [0.717, 1.165) is 18.5 Å². The fraction of sp³-hybridized carbons (Fsp3) is 1.00. The van der Waals surface area contributed by atoms with Crippen molar-refractivity contribution in [3.05, 3.63) is 0 Å². The standard InChI is InChI=1S/C11H24N2/c1-3-8-13(4-2)11-7-5-6-10(11)9-12/h10-11H,3-9,12H2,1-2H3. The van der Waals surface area contributed by atoms with Crippen LogP contribution >= 0.6 is 0 Å². The maximum absolute atomic E-state index is 5.79. The zero-order chi connectivity index (χ0) is 9.68. The SMILES string of the molecule is CCCN(CC)C1CCCC1CN. The van der Waals surface area contributed by atoms with Gasteiger partial charge in [-0.15, -0.1) is 0 Å². The van der Waals surface area contributed by atoms with E-state index in [2.05, 4.69) is 18.7 Å². The van der Waals surface area contributed by atoms with Gasteiger partial charge < -0.3 is 10.6 Å². The van der Waals surface area contributed by atoms with Crippen LogP contribution in [0.5, 0.6) is 0 Å². The van der Waals surface area contributed by atoms with E-state index in [1.54, 1.807) is 0 Å². The summed E-state index contributed by atoms with van der Waals surface area (Å²) in [6, 6.07) is 0.787. The average Bonchev–Trinajstić information content (AvgIpc) is 2.61. The van der Waals surface area contributed by atoms with Crippen LogP contribution in [0.3, 0.4) is 0 Å². The second kappa shape index (κ2) is 5.61. The fourth-order valence-electron chi connectivity index (χ4n) is 2.62. The van der Waals surface area contributed by atoms with Gasteiger partial charge in [-0.05, 0) is 44.8 Å². The van der Waals surface area contributed by atoms with Crippen molar-refractivity contribution in [2.24, 2.45) is 11.7 Å². The first-order valence-electron chi connectivity index (χ1n) is 5.77. The van der Waals surface area contributed by atoms with Crippen molar-refractivity contribution in [1.29, 1.82) is 0 Å². The Morgan fingerprint density at radius 1 is 1.31 bits per heavy atom. The third-order valence-electron chi connectivity index (χ3n) is 3.31. The number of hydrogen-bond acceptors (Lipinski definition) is 2. The van der Waals surface area contributed by atoms with Crippen molar-refractivity contribution in [3.8, 4) is 0 Å². The molecule has 0 aromatic carbocycles. The maximum atomic E-state index is 5.79. The summed E-state index contributed by atoms with van der Waals surface area (Å²) in [4.78, 5) is 2.62. The minimum Gasteiger partial charge on any atom is -0.330 e. The zero-order valence-corrected chi connectivity index (χ0v) is 9.13. The largest absolute Gasteiger partial charge is 0.330 e. The number of nitrogens with zero attached hydrogens (tertiary/aromatic N) is 1. The molecule has 1 fully saturated rings. The Bertz CT molecular complexity index is 136. The molecule has 1 rings (SSSR count). The molecule has 78 valence electrons. The average molecular weight is 184 g/mol. The van der Waals surface area contributed by atoms with E-state index < -0.39 is 0 Å². The molecule has 13 heavy (non-hydrogen) atoms. The van der Waals surface area contributed by atoms with Crippen LogP contribution < -0.4 is 5.73 Å². The van der Waals surface area contributed by atoms with Gasteiger partial charge in [-0.1, -0.05) is 20.3 Å². The van der Waals surface area contributed by atoms with Crippen LogP contribution in [0.25, 0.3) is 0 Å². The summed E-state index contributed by atoms with van der Waals surface area (Å²) in [6.45, 7) is 7.84. The second-order valence-corrected chi connectivity index (χ2v) is 4.12. The number of hydrogen-bond donors (Lipinski definition) is 1. The molecule has 0 aromatic rings. The molecule has 0 aromatic heterocycles. The van der Waals surface area contributed by atoms with Crippen LogP contribution in [0.15, 0.2) is 0 Å². The smallest absolute Gasteiger partial charge is 0.0135 e. The summed E-state index contributed by atoms with van der Waals surface area (Å²) in [5.74, 6) is 0.770. The minimum atomic E-state index is 0.770.